The molecular formula is C21H23NO4. The highest BCUT2D eigenvalue weighted by Gasteiger charge is 2.33. The van der Waals surface area contributed by atoms with Crippen molar-refractivity contribution in [3.05, 3.63) is 52.6 Å². The van der Waals surface area contributed by atoms with Crippen LogP contribution in [0.3, 0.4) is 0 Å². The monoisotopic (exact) mass is 353 g/mol. The SMILES string of the molecule is COc1cc2c(cc1OC)C1Cc3ccc(OC(C)=O)cc3CN1CC2. The minimum Gasteiger partial charge on any atom is -0.493 e. The van der Waals surface area contributed by atoms with Gasteiger partial charge in [-0.1, -0.05) is 6.07 Å². The quantitative estimate of drug-likeness (QED) is 0.626. The summed E-state index contributed by atoms with van der Waals surface area (Å²) in [6.45, 7) is 3.30. The Labute approximate surface area is 153 Å². The molecule has 0 aromatic heterocycles. The Balaban J connectivity index is 1.68. The van der Waals surface area contributed by atoms with Crippen molar-refractivity contribution in [1.82, 2.24) is 4.90 Å². The number of fused-ring (bicyclic) bond motifs is 4. The van der Waals surface area contributed by atoms with Gasteiger partial charge >= 0.3 is 5.97 Å². The second kappa shape index (κ2) is 6.65. The van der Waals surface area contributed by atoms with Crippen LogP contribution in [0.15, 0.2) is 30.3 Å². The molecule has 0 saturated carbocycles. The predicted octanol–water partition coefficient (Wildman–Crippen LogP) is 3.28. The highest BCUT2D eigenvalue weighted by atomic mass is 16.5. The molecule has 5 nitrogen and oxygen atoms in total. The third-order valence-electron chi connectivity index (χ3n) is 5.34. The molecule has 0 spiro atoms. The second-order valence-corrected chi connectivity index (χ2v) is 6.87. The molecule has 26 heavy (non-hydrogen) atoms. The van der Waals surface area contributed by atoms with Crippen LogP contribution in [0, 0.1) is 0 Å². The van der Waals surface area contributed by atoms with E-state index in [2.05, 4.69) is 23.1 Å². The normalized spacial score (nSPS) is 18.3. The Kier molecular flexibility index (Phi) is 4.32. The number of methoxy groups -OCH3 is 2. The number of benzene rings is 2. The first-order valence-corrected chi connectivity index (χ1v) is 8.88. The summed E-state index contributed by atoms with van der Waals surface area (Å²) in [6.07, 6.45) is 1.93. The van der Waals surface area contributed by atoms with Crippen molar-refractivity contribution in [1.29, 1.82) is 0 Å². The fraction of sp³-hybridized carbons (Fsp3) is 0.381. The summed E-state index contributed by atoms with van der Waals surface area (Å²) in [7, 11) is 3.36. The molecule has 1 atom stereocenters. The van der Waals surface area contributed by atoms with Gasteiger partial charge in [0.05, 0.1) is 14.2 Å². The van der Waals surface area contributed by atoms with Crippen LogP contribution in [-0.2, 0) is 24.2 Å². The standard InChI is InChI=1S/C21H23NO4/c1-13(23)26-17-5-4-14-9-19-18-11-21(25-3)20(24-2)10-15(18)6-7-22(19)12-16(14)8-17/h4-5,8,10-11,19H,6-7,9,12H2,1-3H3. The van der Waals surface area contributed by atoms with E-state index in [4.69, 9.17) is 14.2 Å². The maximum absolute atomic E-state index is 11.2. The van der Waals surface area contributed by atoms with E-state index in [1.165, 1.54) is 29.2 Å². The van der Waals surface area contributed by atoms with Crippen molar-refractivity contribution in [2.45, 2.75) is 32.4 Å². The third kappa shape index (κ3) is 2.92. The highest BCUT2D eigenvalue weighted by molar-refractivity contribution is 5.69. The second-order valence-electron chi connectivity index (χ2n) is 6.87. The zero-order chi connectivity index (χ0) is 18.3. The Hall–Kier alpha value is -2.53. The molecule has 2 heterocycles. The van der Waals surface area contributed by atoms with Gasteiger partial charge < -0.3 is 14.2 Å². The summed E-state index contributed by atoms with van der Waals surface area (Å²) < 4.78 is 16.2. The maximum Gasteiger partial charge on any atom is 0.308 e. The fourth-order valence-electron chi connectivity index (χ4n) is 4.11. The fourth-order valence-corrected chi connectivity index (χ4v) is 4.11. The Morgan fingerprint density at radius 2 is 1.81 bits per heavy atom. The van der Waals surface area contributed by atoms with Crippen LogP contribution in [0.1, 0.15) is 35.2 Å². The summed E-state index contributed by atoms with van der Waals surface area (Å²) in [5.41, 5.74) is 5.21. The number of rotatable bonds is 3. The Morgan fingerprint density at radius 3 is 2.54 bits per heavy atom. The molecule has 0 fully saturated rings. The van der Waals surface area contributed by atoms with Crippen LogP contribution in [0.2, 0.25) is 0 Å². The first-order valence-electron chi connectivity index (χ1n) is 8.88. The van der Waals surface area contributed by atoms with Crippen molar-refractivity contribution in [2.24, 2.45) is 0 Å². The van der Waals surface area contributed by atoms with Gasteiger partial charge in [0.15, 0.2) is 11.5 Å². The van der Waals surface area contributed by atoms with E-state index in [1.807, 2.05) is 12.1 Å². The summed E-state index contributed by atoms with van der Waals surface area (Å²) in [6, 6.07) is 10.5. The molecule has 0 aliphatic carbocycles. The number of ether oxygens (including phenoxy) is 3. The zero-order valence-electron chi connectivity index (χ0n) is 15.4. The number of hydrogen-bond donors (Lipinski definition) is 0. The maximum atomic E-state index is 11.2. The van der Waals surface area contributed by atoms with Gasteiger partial charge in [-0.05, 0) is 59.4 Å². The number of carbonyl (C=O) groups excluding carboxylic acids is 1. The lowest BCUT2D eigenvalue weighted by atomic mass is 9.84. The number of hydrogen-bond acceptors (Lipinski definition) is 5. The van der Waals surface area contributed by atoms with Gasteiger partial charge in [-0.3, -0.25) is 9.69 Å². The topological polar surface area (TPSA) is 48.0 Å². The first-order chi connectivity index (χ1) is 12.6. The first kappa shape index (κ1) is 16.9. The van der Waals surface area contributed by atoms with Gasteiger partial charge in [0, 0.05) is 26.1 Å². The van der Waals surface area contributed by atoms with Gasteiger partial charge in [0.2, 0.25) is 0 Å². The number of carbonyl (C=O) groups is 1. The van der Waals surface area contributed by atoms with Crippen molar-refractivity contribution in [3.8, 4) is 17.2 Å². The van der Waals surface area contributed by atoms with E-state index >= 15 is 0 Å². The molecule has 0 radical (unpaired) electrons. The average molecular weight is 353 g/mol. The molecule has 0 saturated heterocycles. The molecule has 0 bridgehead atoms. The Morgan fingerprint density at radius 1 is 1.04 bits per heavy atom. The van der Waals surface area contributed by atoms with Crippen LogP contribution < -0.4 is 14.2 Å². The van der Waals surface area contributed by atoms with E-state index in [9.17, 15) is 4.79 Å². The van der Waals surface area contributed by atoms with E-state index < -0.39 is 0 Å². The summed E-state index contributed by atoms with van der Waals surface area (Å²) >= 11 is 0. The predicted molar refractivity (Wildman–Crippen MR) is 97.9 cm³/mol. The molecule has 0 amide bonds. The van der Waals surface area contributed by atoms with Crippen LogP contribution in [-0.4, -0.2) is 31.6 Å². The molecule has 2 aromatic rings. The van der Waals surface area contributed by atoms with Crippen LogP contribution in [0.5, 0.6) is 17.2 Å². The van der Waals surface area contributed by atoms with E-state index in [0.717, 1.165) is 37.4 Å². The van der Waals surface area contributed by atoms with Crippen LogP contribution >= 0.6 is 0 Å². The smallest absolute Gasteiger partial charge is 0.308 e. The lowest BCUT2D eigenvalue weighted by Crippen LogP contribution is -2.39. The van der Waals surface area contributed by atoms with Crippen molar-refractivity contribution in [2.75, 3.05) is 20.8 Å². The minimum absolute atomic E-state index is 0.286. The van der Waals surface area contributed by atoms with E-state index in [1.54, 1.807) is 14.2 Å². The molecule has 1 unspecified atom stereocenters. The summed E-state index contributed by atoms with van der Waals surface area (Å²) in [5, 5.41) is 0. The molecule has 136 valence electrons. The van der Waals surface area contributed by atoms with Crippen molar-refractivity contribution in [3.63, 3.8) is 0 Å². The molecular weight excluding hydrogens is 330 g/mol. The van der Waals surface area contributed by atoms with E-state index in [0.29, 0.717) is 11.8 Å². The van der Waals surface area contributed by atoms with Gasteiger partial charge in [-0.25, -0.2) is 0 Å². The van der Waals surface area contributed by atoms with Crippen molar-refractivity contribution < 1.29 is 19.0 Å². The highest BCUT2D eigenvalue weighted by Crippen LogP contribution is 2.42. The van der Waals surface area contributed by atoms with Crippen molar-refractivity contribution >= 4 is 5.97 Å². The lowest BCUT2D eigenvalue weighted by molar-refractivity contribution is -0.131. The van der Waals surface area contributed by atoms with Crippen LogP contribution in [0.25, 0.3) is 0 Å². The summed E-state index contributed by atoms with van der Waals surface area (Å²) in [5.74, 6) is 1.91. The van der Waals surface area contributed by atoms with Crippen LogP contribution in [0.4, 0.5) is 0 Å². The molecule has 2 aromatic carbocycles. The molecule has 5 heteroatoms. The van der Waals surface area contributed by atoms with Gasteiger partial charge in [-0.15, -0.1) is 0 Å². The lowest BCUT2D eigenvalue weighted by Gasteiger charge is -2.41. The molecule has 2 aliphatic rings. The Bertz CT molecular complexity index is 861. The number of esters is 1. The number of nitrogens with zero attached hydrogens (tertiary/aromatic N) is 1. The zero-order valence-corrected chi connectivity index (χ0v) is 15.4. The molecule has 0 N–H and O–H groups in total. The molecule has 2 aliphatic heterocycles. The third-order valence-corrected chi connectivity index (χ3v) is 5.34. The minimum atomic E-state index is -0.286. The molecule has 4 rings (SSSR count). The van der Waals surface area contributed by atoms with Gasteiger partial charge in [0.1, 0.15) is 5.75 Å². The van der Waals surface area contributed by atoms with E-state index in [-0.39, 0.29) is 5.97 Å². The van der Waals surface area contributed by atoms with Gasteiger partial charge in [-0.2, -0.15) is 0 Å². The summed E-state index contributed by atoms with van der Waals surface area (Å²) in [4.78, 5) is 13.7. The van der Waals surface area contributed by atoms with Gasteiger partial charge in [0.25, 0.3) is 0 Å². The average Bonchev–Trinajstić information content (AvgIpc) is 2.64. The largest absolute Gasteiger partial charge is 0.493 e.